The van der Waals surface area contributed by atoms with Crippen LogP contribution in [0.5, 0.6) is 28.7 Å². The van der Waals surface area contributed by atoms with Gasteiger partial charge in [0.25, 0.3) is 22.2 Å². The van der Waals surface area contributed by atoms with Crippen molar-refractivity contribution in [1.82, 2.24) is 18.3 Å². The van der Waals surface area contributed by atoms with Gasteiger partial charge in [0.05, 0.1) is 42.4 Å². The van der Waals surface area contributed by atoms with Crippen LogP contribution in [0.4, 0.5) is 0 Å². The standard InChI is InChI=1S/C22H18ClNO4S.C22H19NO4S.C21H17NO6S.C20H14ClNO5S/c1-2-3-11-24-16-10-5-4-9-15(16)19-17(21(24)26)18(25)20(22(27)28-19)29-14-8-6-7-13(23)12-14;1-2-3-13-23-16-12-8-7-11-15(16)19-17(21(23)25)18(24)20(22(26)27-19)28-14-9-5-4-6-10-14;1-27-12-5-4-6-13(11-12)29-19-17(24)16-18(28-21(19)26)14-7-2-3-8-15(14)22(9-10-23)20(16)25;21-11-4-3-5-12(10-11)28-18-16(24)15-17(27-20(18)26)13-6-1-2-7-14(13)22(8-9-23)19(15)25/h4-10,12,25H,2-3,11H2,1H3;4-12,24H,2-3,13H2,1H3;2-8,11,23-24H,9-10H2,1H3;1-7,10,23-24H,8-9H2. The first kappa shape index (κ1) is 80.4. The first-order chi connectivity index (χ1) is 55.2. The second-order valence-corrected chi connectivity index (χ2v) is 30.7. The van der Waals surface area contributed by atoms with Gasteiger partial charge < -0.3 is 71.3 Å². The molecule has 16 aromatic rings. The summed E-state index contributed by atoms with van der Waals surface area (Å²) in [6.07, 6.45) is 3.50. The first-order valence-corrected chi connectivity index (χ1v) is 39.6. The third-order valence-electron chi connectivity index (χ3n) is 18.2. The Morgan fingerprint density at radius 1 is 0.342 bits per heavy atom. The highest BCUT2D eigenvalue weighted by Crippen LogP contribution is 2.43. The fourth-order valence-electron chi connectivity index (χ4n) is 12.9. The van der Waals surface area contributed by atoms with Crippen LogP contribution in [0.3, 0.4) is 0 Å². The number of methoxy groups -OCH3 is 1. The smallest absolute Gasteiger partial charge is 0.354 e. The maximum Gasteiger partial charge on any atom is 0.354 e. The number of halogens is 2. The van der Waals surface area contributed by atoms with E-state index in [0.717, 1.165) is 77.6 Å². The Labute approximate surface area is 671 Å². The number of nitrogens with zero attached hydrogens (tertiary/aromatic N) is 4. The molecule has 114 heavy (non-hydrogen) atoms. The van der Waals surface area contributed by atoms with Crippen molar-refractivity contribution < 1.29 is 53.0 Å². The van der Waals surface area contributed by atoms with Crippen molar-refractivity contribution in [3.63, 3.8) is 0 Å². The summed E-state index contributed by atoms with van der Waals surface area (Å²) in [5, 5.41) is 65.3. The number of aromatic nitrogens is 4. The van der Waals surface area contributed by atoms with E-state index in [-0.39, 0.29) is 112 Å². The molecule has 16 rings (SSSR count). The number of rotatable bonds is 19. The van der Waals surface area contributed by atoms with Gasteiger partial charge in [0.2, 0.25) is 0 Å². The molecule has 0 aliphatic rings. The number of hydrogen-bond acceptors (Lipinski definition) is 23. The Balaban J connectivity index is 0.000000133. The molecule has 0 spiro atoms. The highest BCUT2D eigenvalue weighted by molar-refractivity contribution is 8.00. The van der Waals surface area contributed by atoms with Gasteiger partial charge in [-0.3, -0.25) is 19.2 Å². The number of aliphatic hydroxyl groups is 2. The maximum atomic E-state index is 13.2. The number of hydrogen-bond donors (Lipinski definition) is 6. The summed E-state index contributed by atoms with van der Waals surface area (Å²) in [6, 6.07) is 58.1. The fraction of sp³-hybridized carbons (Fsp3) is 0.153. The average molecular weight is 1650 g/mol. The lowest BCUT2D eigenvalue weighted by Gasteiger charge is -2.13. The Bertz CT molecular complexity index is 6940. The topological polar surface area (TPSA) is 339 Å². The summed E-state index contributed by atoms with van der Waals surface area (Å²) in [5.74, 6) is -0.968. The maximum absolute atomic E-state index is 13.2. The Hall–Kier alpha value is -11.7. The van der Waals surface area contributed by atoms with Crippen molar-refractivity contribution in [3.05, 3.63) is 293 Å². The van der Waals surface area contributed by atoms with E-state index < -0.39 is 45.1 Å². The predicted molar refractivity (Wildman–Crippen MR) is 446 cm³/mol. The lowest BCUT2D eigenvalue weighted by Crippen LogP contribution is -2.23. The van der Waals surface area contributed by atoms with Crippen LogP contribution in [-0.4, -0.2) is 69.2 Å². The third kappa shape index (κ3) is 16.3. The Kier molecular flexibility index (Phi) is 25.1. The number of unbranched alkanes of at least 4 members (excludes halogenated alkanes) is 2. The zero-order valence-electron chi connectivity index (χ0n) is 60.8. The molecular formula is C85H68Cl2N4O19S4. The molecule has 0 aliphatic carbocycles. The molecule has 8 aromatic heterocycles. The third-order valence-corrected chi connectivity index (χ3v) is 22.9. The number of para-hydroxylation sites is 4. The normalized spacial score (nSPS) is 11.3. The summed E-state index contributed by atoms with van der Waals surface area (Å²) >= 11 is 16.0. The molecule has 580 valence electrons. The van der Waals surface area contributed by atoms with Crippen molar-refractivity contribution in [3.8, 4) is 28.7 Å². The zero-order chi connectivity index (χ0) is 80.6. The second kappa shape index (κ2) is 35.6. The van der Waals surface area contributed by atoms with Crippen LogP contribution in [0.15, 0.2) is 295 Å². The van der Waals surface area contributed by atoms with Crippen molar-refractivity contribution in [2.75, 3.05) is 20.3 Å². The highest BCUT2D eigenvalue weighted by atomic mass is 35.5. The van der Waals surface area contributed by atoms with E-state index in [1.807, 2.05) is 73.7 Å². The van der Waals surface area contributed by atoms with Gasteiger partial charge in [0.1, 0.15) is 46.9 Å². The SMILES string of the molecule is CCCCn1c(=O)c2c(O)c(Sc3cccc(Cl)c3)c(=O)oc2c2ccccc21.CCCCn1c(=O)c2c(O)c(Sc3ccccc3)c(=O)oc2c2ccccc21.COc1cccc(Sc2c(O)c3c(=O)n(CCO)c4ccccc4c3oc2=O)c1.O=c1oc2c(c(O)c1Sc1cccc(Cl)c1)c(=O)n(CCO)c1ccccc21. The van der Waals surface area contributed by atoms with Crippen molar-refractivity contribution in [1.29, 1.82) is 0 Å². The molecule has 0 amide bonds. The minimum atomic E-state index is -0.751. The molecule has 0 unspecified atom stereocenters. The summed E-state index contributed by atoms with van der Waals surface area (Å²) in [4.78, 5) is 106. The molecule has 0 fully saturated rings. The summed E-state index contributed by atoms with van der Waals surface area (Å²) < 4.78 is 33.2. The lowest BCUT2D eigenvalue weighted by molar-refractivity contribution is 0.276. The van der Waals surface area contributed by atoms with Crippen LogP contribution in [0.2, 0.25) is 10.0 Å². The number of benzene rings is 8. The molecule has 0 radical (unpaired) electrons. The summed E-state index contributed by atoms with van der Waals surface area (Å²) in [5.41, 5.74) is -1.98. The van der Waals surface area contributed by atoms with E-state index in [9.17, 15) is 69.0 Å². The van der Waals surface area contributed by atoms with Gasteiger partial charge in [-0.25, -0.2) is 19.2 Å². The highest BCUT2D eigenvalue weighted by Gasteiger charge is 2.28. The minimum absolute atomic E-state index is 0.0175. The average Bonchev–Trinajstić information content (AvgIpc) is 0.754. The molecule has 6 N–H and O–H groups in total. The second-order valence-electron chi connectivity index (χ2n) is 25.5. The minimum Gasteiger partial charge on any atom is -0.505 e. The van der Waals surface area contributed by atoms with Crippen molar-refractivity contribution in [2.45, 2.75) is 105 Å². The van der Waals surface area contributed by atoms with Gasteiger partial charge in [-0.15, -0.1) is 0 Å². The van der Waals surface area contributed by atoms with Gasteiger partial charge in [-0.2, -0.15) is 0 Å². The van der Waals surface area contributed by atoms with Gasteiger partial charge in [0, 0.05) is 77.4 Å². The Morgan fingerprint density at radius 3 is 0.912 bits per heavy atom. The van der Waals surface area contributed by atoms with E-state index in [2.05, 4.69) is 6.92 Å². The van der Waals surface area contributed by atoms with E-state index >= 15 is 0 Å². The van der Waals surface area contributed by atoms with Crippen LogP contribution in [0.1, 0.15) is 39.5 Å². The van der Waals surface area contributed by atoms with Gasteiger partial charge in [-0.1, -0.05) is 182 Å². The van der Waals surface area contributed by atoms with E-state index in [0.29, 0.717) is 87.2 Å². The van der Waals surface area contributed by atoms with E-state index in [4.69, 9.17) is 45.6 Å². The molecule has 23 nitrogen and oxygen atoms in total. The number of aromatic hydroxyl groups is 4. The summed E-state index contributed by atoms with van der Waals surface area (Å²) in [6.45, 7) is 4.74. The fourth-order valence-corrected chi connectivity index (χ4v) is 17.0. The number of ether oxygens (including phenoxy) is 1. The largest absolute Gasteiger partial charge is 0.505 e. The van der Waals surface area contributed by atoms with Gasteiger partial charge in [-0.05, 0) is 128 Å². The van der Waals surface area contributed by atoms with Crippen LogP contribution in [-0.2, 0) is 26.2 Å². The molecule has 8 aromatic carbocycles. The lowest BCUT2D eigenvalue weighted by atomic mass is 10.1. The number of pyridine rings is 4. The van der Waals surface area contributed by atoms with Crippen LogP contribution in [0.25, 0.3) is 87.5 Å². The number of aryl methyl sites for hydroxylation is 2. The molecule has 8 heterocycles. The number of aliphatic hydroxyl groups excluding tert-OH is 2. The molecule has 29 heteroatoms. The molecule has 0 atom stereocenters. The quantitative estimate of drug-likeness (QED) is 0.0410. The van der Waals surface area contributed by atoms with Crippen LogP contribution in [0, 0.1) is 0 Å². The van der Waals surface area contributed by atoms with Crippen molar-refractivity contribution in [2.24, 2.45) is 0 Å². The van der Waals surface area contributed by atoms with Crippen molar-refractivity contribution >= 4 is 158 Å². The predicted octanol–water partition coefficient (Wildman–Crippen LogP) is 16.8. The molecular weight excluding hydrogens is 1580 g/mol. The first-order valence-electron chi connectivity index (χ1n) is 35.6. The zero-order valence-corrected chi connectivity index (χ0v) is 65.6. The summed E-state index contributed by atoms with van der Waals surface area (Å²) in [7, 11) is 1.53. The number of fused-ring (bicyclic) bond motifs is 12. The molecule has 0 saturated heterocycles. The van der Waals surface area contributed by atoms with Crippen LogP contribution >= 0.6 is 70.2 Å². The van der Waals surface area contributed by atoms with E-state index in [1.54, 1.807) is 143 Å². The van der Waals surface area contributed by atoms with Crippen LogP contribution < -0.4 is 49.5 Å². The van der Waals surface area contributed by atoms with E-state index in [1.165, 1.54) is 16.2 Å². The molecule has 0 aliphatic heterocycles. The monoisotopic (exact) mass is 1650 g/mol. The van der Waals surface area contributed by atoms with Gasteiger partial charge >= 0.3 is 22.5 Å². The van der Waals surface area contributed by atoms with Gasteiger partial charge in [0.15, 0.2) is 45.3 Å². The molecule has 0 saturated carbocycles. The molecule has 0 bridgehead atoms. The Morgan fingerprint density at radius 2 is 0.614 bits per heavy atom.